The Labute approximate surface area is 258 Å². The van der Waals surface area contributed by atoms with Gasteiger partial charge in [-0.05, 0) is 101 Å². The van der Waals surface area contributed by atoms with E-state index in [2.05, 4.69) is 53.1 Å². The maximum atomic E-state index is 12.5. The number of nitrogens with one attached hydrogen (secondary N) is 4. The van der Waals surface area contributed by atoms with Gasteiger partial charge in [0.2, 0.25) is 11.8 Å². The van der Waals surface area contributed by atoms with Crippen LogP contribution in [0, 0.1) is 0 Å². The molecule has 224 valence electrons. The van der Waals surface area contributed by atoms with Gasteiger partial charge in [-0.1, -0.05) is 31.9 Å². The molecule has 1 saturated heterocycles. The molecule has 0 spiro atoms. The summed E-state index contributed by atoms with van der Waals surface area (Å²) in [6, 6.07) is 11.9. The van der Waals surface area contributed by atoms with Gasteiger partial charge in [-0.25, -0.2) is 0 Å². The average Bonchev–Trinajstić information content (AvgIpc) is 2.94. The Kier molecular flexibility index (Phi) is 11.7. The number of hydrogen-bond acceptors (Lipinski definition) is 7. The highest BCUT2D eigenvalue weighted by Gasteiger charge is 2.26. The van der Waals surface area contributed by atoms with E-state index in [-0.39, 0.29) is 30.1 Å². The Morgan fingerprint density at radius 3 is 1.88 bits per heavy atom. The number of aliphatic hydroxyl groups is 2. The van der Waals surface area contributed by atoms with Crippen LogP contribution in [0.25, 0.3) is 0 Å². The smallest absolute Gasteiger partial charge is 0.247 e. The van der Waals surface area contributed by atoms with E-state index in [0.29, 0.717) is 24.6 Å². The molecule has 0 radical (unpaired) electrons. The molecule has 2 aliphatic carbocycles. The molecule has 2 aromatic carbocycles. The fourth-order valence-corrected chi connectivity index (χ4v) is 6.25. The molecule has 0 unspecified atom stereocenters. The molecule has 2 aromatic rings. The van der Waals surface area contributed by atoms with Crippen molar-refractivity contribution in [3.05, 3.63) is 45.3 Å². The Bertz CT molecular complexity index is 1180. The zero-order valence-corrected chi connectivity index (χ0v) is 26.3. The van der Waals surface area contributed by atoms with Gasteiger partial charge in [-0.2, -0.15) is 0 Å². The Morgan fingerprint density at radius 1 is 0.780 bits per heavy atom. The number of halogens is 2. The number of aliphatic hydroxyl groups excluding tert-OH is 2. The second kappa shape index (κ2) is 15.2. The normalized spacial score (nSPS) is 26.1. The first-order chi connectivity index (χ1) is 19.7. The molecule has 0 aromatic heterocycles. The number of rotatable bonds is 6. The van der Waals surface area contributed by atoms with E-state index in [9.17, 15) is 19.8 Å². The highest BCUT2D eigenvalue weighted by atomic mass is 79.9. The highest BCUT2D eigenvalue weighted by molar-refractivity contribution is 9.10. The van der Waals surface area contributed by atoms with Crippen LogP contribution in [0.4, 0.5) is 22.7 Å². The fraction of sp³-hybridized carbons (Fsp3) is 0.533. The summed E-state index contributed by atoms with van der Waals surface area (Å²) in [5.74, 6) is -0.256. The van der Waals surface area contributed by atoms with Gasteiger partial charge in [-0.3, -0.25) is 9.59 Å². The Morgan fingerprint density at radius 2 is 1.32 bits per heavy atom. The second-order valence-corrected chi connectivity index (χ2v) is 13.1. The molecule has 5 rings (SSSR count). The molecule has 8 N–H and O–H groups in total. The van der Waals surface area contributed by atoms with Crippen molar-refractivity contribution in [1.82, 2.24) is 5.32 Å². The lowest BCUT2D eigenvalue weighted by molar-refractivity contribution is -0.128. The minimum atomic E-state index is -0.474. The standard InChI is InChI=1S/C18H24BrN3O3.C12H17BrN2O/c19-11-4-9-14(20-12-5-7-13(23)8-6-12)16(10-11)22-18(25)15-2-1-3-17(24)21-15;13-8-1-6-12(11(14)7-8)15-9-2-4-10(16)5-3-9/h4,9-10,12-13,15,20,23H,1-3,5-8H2,(H,21,24)(H,22,25);1,6-7,9-10,15-16H,2-5,14H2/t12?,13?,15-;/m0./s1. The van der Waals surface area contributed by atoms with Crippen LogP contribution in [0.1, 0.15) is 70.6 Å². The summed E-state index contributed by atoms with van der Waals surface area (Å²) in [6.07, 6.45) is 8.77. The third-order valence-electron chi connectivity index (χ3n) is 7.91. The highest BCUT2D eigenvalue weighted by Crippen LogP contribution is 2.30. The Hall–Kier alpha value is -2.34. The SMILES string of the molecule is Nc1cc(Br)ccc1NC1CCC(O)CC1.O=C1CCC[C@@H](C(=O)Nc2cc(Br)ccc2NC2CCC(O)CC2)N1. The third kappa shape index (κ3) is 9.87. The van der Waals surface area contributed by atoms with Gasteiger partial charge in [0, 0.05) is 27.4 Å². The number of hydrogen-bond donors (Lipinski definition) is 7. The molecule has 1 aliphatic heterocycles. The monoisotopic (exact) mass is 693 g/mol. The summed E-state index contributed by atoms with van der Waals surface area (Å²) < 4.78 is 1.87. The predicted molar refractivity (Wildman–Crippen MR) is 171 cm³/mol. The zero-order valence-electron chi connectivity index (χ0n) is 23.2. The first kappa shape index (κ1) is 31.6. The molecule has 1 heterocycles. The van der Waals surface area contributed by atoms with E-state index in [4.69, 9.17) is 5.73 Å². The van der Waals surface area contributed by atoms with Crippen molar-refractivity contribution < 1.29 is 19.8 Å². The summed E-state index contributed by atoms with van der Waals surface area (Å²) in [4.78, 5) is 24.0. The molecule has 11 heteroatoms. The summed E-state index contributed by atoms with van der Waals surface area (Å²) in [5.41, 5.74) is 9.24. The fourth-order valence-electron chi connectivity index (χ4n) is 5.51. The van der Waals surface area contributed by atoms with E-state index in [1.165, 1.54) is 0 Å². The number of amides is 2. The number of nitrogens with two attached hydrogens (primary N) is 1. The maximum Gasteiger partial charge on any atom is 0.247 e. The largest absolute Gasteiger partial charge is 0.397 e. The lowest BCUT2D eigenvalue weighted by Gasteiger charge is -2.28. The van der Waals surface area contributed by atoms with Gasteiger partial charge in [0.15, 0.2) is 0 Å². The Balaban J connectivity index is 0.000000208. The van der Waals surface area contributed by atoms with Gasteiger partial charge in [-0.15, -0.1) is 0 Å². The van der Waals surface area contributed by atoms with Crippen molar-refractivity contribution in [3.8, 4) is 0 Å². The van der Waals surface area contributed by atoms with Crippen molar-refractivity contribution >= 4 is 66.4 Å². The summed E-state index contributed by atoms with van der Waals surface area (Å²) in [6.45, 7) is 0. The number of anilines is 4. The molecule has 2 saturated carbocycles. The van der Waals surface area contributed by atoms with Crippen LogP contribution in [0.3, 0.4) is 0 Å². The van der Waals surface area contributed by atoms with Crippen LogP contribution in [0.15, 0.2) is 45.3 Å². The lowest BCUT2D eigenvalue weighted by Crippen LogP contribution is -2.46. The zero-order chi connectivity index (χ0) is 29.4. The maximum absolute atomic E-state index is 12.5. The van der Waals surface area contributed by atoms with Gasteiger partial charge in [0.05, 0.1) is 35.0 Å². The van der Waals surface area contributed by atoms with Gasteiger partial charge < -0.3 is 37.2 Å². The minimum absolute atomic E-state index is 0.0697. The van der Waals surface area contributed by atoms with Crippen molar-refractivity contribution in [2.24, 2.45) is 0 Å². The molecule has 9 nitrogen and oxygen atoms in total. The average molecular weight is 695 g/mol. The van der Waals surface area contributed by atoms with E-state index >= 15 is 0 Å². The van der Waals surface area contributed by atoms with Crippen LogP contribution >= 0.6 is 31.9 Å². The lowest BCUT2D eigenvalue weighted by atomic mass is 9.93. The number of carbonyl (C=O) groups is 2. The number of carbonyl (C=O) groups excluding carboxylic acids is 2. The van der Waals surface area contributed by atoms with Gasteiger partial charge >= 0.3 is 0 Å². The van der Waals surface area contributed by atoms with Crippen LogP contribution in [-0.4, -0.2) is 52.4 Å². The minimum Gasteiger partial charge on any atom is -0.397 e. The van der Waals surface area contributed by atoms with Crippen LogP contribution in [0.2, 0.25) is 0 Å². The molecule has 2 amide bonds. The van der Waals surface area contributed by atoms with Gasteiger partial charge in [0.1, 0.15) is 6.04 Å². The summed E-state index contributed by atoms with van der Waals surface area (Å²) >= 11 is 6.83. The van der Waals surface area contributed by atoms with E-state index in [1.54, 1.807) is 0 Å². The first-order valence-electron chi connectivity index (χ1n) is 14.5. The second-order valence-electron chi connectivity index (χ2n) is 11.2. The van der Waals surface area contributed by atoms with Crippen molar-refractivity contribution in [2.45, 2.75) is 101 Å². The predicted octanol–water partition coefficient (Wildman–Crippen LogP) is 5.52. The molecular formula is C30H41Br2N5O4. The molecule has 1 atom stereocenters. The van der Waals surface area contributed by atoms with Crippen LogP contribution in [0.5, 0.6) is 0 Å². The molecular weight excluding hydrogens is 654 g/mol. The van der Waals surface area contributed by atoms with Crippen LogP contribution < -0.4 is 27.0 Å². The topological polar surface area (TPSA) is 149 Å². The van der Waals surface area contributed by atoms with E-state index < -0.39 is 6.04 Å². The number of nitrogen functional groups attached to an aromatic ring is 1. The van der Waals surface area contributed by atoms with Crippen molar-refractivity contribution in [3.63, 3.8) is 0 Å². The molecule has 0 bridgehead atoms. The molecule has 3 fully saturated rings. The summed E-state index contributed by atoms with van der Waals surface area (Å²) in [5, 5.41) is 31.7. The van der Waals surface area contributed by atoms with Crippen molar-refractivity contribution in [1.29, 1.82) is 0 Å². The summed E-state index contributed by atoms with van der Waals surface area (Å²) in [7, 11) is 0. The molecule has 3 aliphatic rings. The molecule has 41 heavy (non-hydrogen) atoms. The third-order valence-corrected chi connectivity index (χ3v) is 8.90. The first-order valence-corrected chi connectivity index (χ1v) is 16.1. The van der Waals surface area contributed by atoms with E-state index in [1.807, 2.05) is 36.4 Å². The number of benzene rings is 2. The van der Waals surface area contributed by atoms with E-state index in [0.717, 1.165) is 83.8 Å². The number of piperidine rings is 1. The van der Waals surface area contributed by atoms with Crippen LogP contribution in [-0.2, 0) is 9.59 Å². The van der Waals surface area contributed by atoms with Gasteiger partial charge in [0.25, 0.3) is 0 Å². The quantitative estimate of drug-likeness (QED) is 0.197. The van der Waals surface area contributed by atoms with Crippen molar-refractivity contribution in [2.75, 3.05) is 21.7 Å².